The van der Waals surface area contributed by atoms with E-state index in [0.717, 1.165) is 16.9 Å². The topological polar surface area (TPSA) is 75.4 Å². The van der Waals surface area contributed by atoms with Gasteiger partial charge < -0.3 is 14.6 Å². The summed E-state index contributed by atoms with van der Waals surface area (Å²) < 4.78 is 1.93. The van der Waals surface area contributed by atoms with Crippen LogP contribution in [-0.2, 0) is 23.2 Å². The molecular formula is C15H17N3O3. The van der Waals surface area contributed by atoms with Gasteiger partial charge in [-0.2, -0.15) is 0 Å². The molecular weight excluding hydrogens is 270 g/mol. The summed E-state index contributed by atoms with van der Waals surface area (Å²) in [5.74, 6) is -0.611. The van der Waals surface area contributed by atoms with E-state index >= 15 is 0 Å². The smallest absolute Gasteiger partial charge is 0.319 e. The minimum atomic E-state index is -1.20. The summed E-state index contributed by atoms with van der Waals surface area (Å²) in [6.45, 7) is 0.305. The van der Waals surface area contributed by atoms with Gasteiger partial charge in [-0.15, -0.1) is 0 Å². The van der Waals surface area contributed by atoms with Gasteiger partial charge in [-0.25, -0.2) is 4.98 Å². The number of carbonyl (C=O) groups is 2. The average Bonchev–Trinajstić information content (AvgIpc) is 3.22. The Labute approximate surface area is 122 Å². The Kier molecular flexibility index (Phi) is 2.97. The average molecular weight is 287 g/mol. The molecule has 1 aromatic heterocycles. The van der Waals surface area contributed by atoms with Crippen LogP contribution in [0, 0.1) is 5.41 Å². The van der Waals surface area contributed by atoms with Crippen LogP contribution in [0.25, 0.3) is 11.0 Å². The Morgan fingerprint density at radius 3 is 2.62 bits per heavy atom. The van der Waals surface area contributed by atoms with Crippen molar-refractivity contribution in [2.75, 3.05) is 7.05 Å². The van der Waals surface area contributed by atoms with E-state index < -0.39 is 11.4 Å². The van der Waals surface area contributed by atoms with Gasteiger partial charge >= 0.3 is 5.97 Å². The van der Waals surface area contributed by atoms with Crippen molar-refractivity contribution in [2.24, 2.45) is 12.5 Å². The van der Waals surface area contributed by atoms with Crippen LogP contribution in [-0.4, -0.2) is 38.5 Å². The second-order valence-electron chi connectivity index (χ2n) is 5.62. The first-order chi connectivity index (χ1) is 9.95. The fourth-order valence-electron chi connectivity index (χ4n) is 2.63. The molecule has 6 heteroatoms. The van der Waals surface area contributed by atoms with Crippen molar-refractivity contribution in [2.45, 2.75) is 19.4 Å². The van der Waals surface area contributed by atoms with E-state index in [1.165, 1.54) is 4.90 Å². The minimum absolute atomic E-state index is 0.305. The third kappa shape index (κ3) is 2.07. The molecule has 0 spiro atoms. The summed E-state index contributed by atoms with van der Waals surface area (Å²) >= 11 is 0. The monoisotopic (exact) mass is 287 g/mol. The second kappa shape index (κ2) is 4.58. The third-order valence-electron chi connectivity index (χ3n) is 4.17. The quantitative estimate of drug-likeness (QED) is 0.862. The highest BCUT2D eigenvalue weighted by atomic mass is 16.4. The number of amides is 1. The highest BCUT2D eigenvalue weighted by Crippen LogP contribution is 2.47. The number of fused-ring (bicyclic) bond motifs is 1. The Morgan fingerprint density at radius 2 is 2.05 bits per heavy atom. The van der Waals surface area contributed by atoms with E-state index in [-0.39, 0.29) is 5.91 Å². The predicted molar refractivity (Wildman–Crippen MR) is 76.5 cm³/mol. The molecule has 21 heavy (non-hydrogen) atoms. The van der Waals surface area contributed by atoms with Crippen molar-refractivity contribution in [1.82, 2.24) is 14.5 Å². The number of aromatic nitrogens is 2. The number of imidazole rings is 1. The molecule has 1 heterocycles. The van der Waals surface area contributed by atoms with Crippen molar-refractivity contribution in [3.8, 4) is 0 Å². The molecule has 6 nitrogen and oxygen atoms in total. The Morgan fingerprint density at radius 1 is 1.38 bits per heavy atom. The summed E-state index contributed by atoms with van der Waals surface area (Å²) in [5.41, 5.74) is 0.669. The first-order valence-electron chi connectivity index (χ1n) is 6.85. The third-order valence-corrected chi connectivity index (χ3v) is 4.17. The van der Waals surface area contributed by atoms with Crippen LogP contribution in [0.5, 0.6) is 0 Å². The zero-order valence-corrected chi connectivity index (χ0v) is 12.0. The number of hydrogen-bond donors (Lipinski definition) is 1. The molecule has 1 saturated carbocycles. The van der Waals surface area contributed by atoms with Gasteiger partial charge in [0.05, 0.1) is 17.6 Å². The molecule has 1 N–H and O–H groups in total. The van der Waals surface area contributed by atoms with E-state index in [0.29, 0.717) is 19.4 Å². The summed E-state index contributed by atoms with van der Waals surface area (Å²) in [5, 5.41) is 9.19. The first-order valence-corrected chi connectivity index (χ1v) is 6.85. The zero-order valence-electron chi connectivity index (χ0n) is 12.0. The lowest BCUT2D eigenvalue weighted by atomic mass is 10.1. The summed E-state index contributed by atoms with van der Waals surface area (Å²) in [6, 6.07) is 7.73. The normalized spacial score (nSPS) is 15.9. The van der Waals surface area contributed by atoms with Crippen LogP contribution in [0.3, 0.4) is 0 Å². The molecule has 0 saturated heterocycles. The summed E-state index contributed by atoms with van der Waals surface area (Å²) in [6.07, 6.45) is 0.849. The molecule has 1 amide bonds. The number of para-hydroxylation sites is 2. The van der Waals surface area contributed by atoms with Crippen LogP contribution >= 0.6 is 0 Å². The molecule has 1 aromatic carbocycles. The molecule has 0 radical (unpaired) electrons. The fourth-order valence-corrected chi connectivity index (χ4v) is 2.63. The number of carboxylic acid groups (broad SMARTS) is 1. The zero-order chi connectivity index (χ0) is 15.2. The van der Waals surface area contributed by atoms with Crippen molar-refractivity contribution in [3.63, 3.8) is 0 Å². The van der Waals surface area contributed by atoms with E-state index in [1.807, 2.05) is 35.9 Å². The first kappa shape index (κ1) is 13.6. The lowest BCUT2D eigenvalue weighted by Crippen LogP contribution is -2.38. The standard InChI is InChI=1S/C15H17N3O3/c1-17(13(19)15(7-8-15)14(20)21)9-12-16-10-5-3-4-6-11(10)18(12)2/h3-6H,7-9H2,1-2H3,(H,20,21). The summed E-state index contributed by atoms with van der Waals surface area (Å²) in [7, 11) is 3.53. The van der Waals surface area contributed by atoms with Gasteiger partial charge in [0.1, 0.15) is 11.2 Å². The lowest BCUT2D eigenvalue weighted by molar-refractivity contribution is -0.153. The Bertz CT molecular complexity index is 731. The van der Waals surface area contributed by atoms with Crippen molar-refractivity contribution >= 4 is 22.9 Å². The van der Waals surface area contributed by atoms with Crippen LogP contribution < -0.4 is 0 Å². The number of rotatable bonds is 4. The van der Waals surface area contributed by atoms with Crippen molar-refractivity contribution < 1.29 is 14.7 Å². The number of nitrogens with zero attached hydrogens (tertiary/aromatic N) is 3. The fraction of sp³-hybridized carbons (Fsp3) is 0.400. The Balaban J connectivity index is 1.84. The molecule has 3 rings (SSSR count). The van der Waals surface area contributed by atoms with Gasteiger partial charge in [-0.1, -0.05) is 12.1 Å². The van der Waals surface area contributed by atoms with Gasteiger partial charge in [-0.05, 0) is 25.0 Å². The highest BCUT2D eigenvalue weighted by Gasteiger charge is 2.58. The molecule has 110 valence electrons. The predicted octanol–water partition coefficient (Wildman–Crippen LogP) is 1.40. The van der Waals surface area contributed by atoms with Gasteiger partial charge in [0.25, 0.3) is 0 Å². The van der Waals surface area contributed by atoms with E-state index in [1.54, 1.807) is 7.05 Å². The SMILES string of the molecule is CN(Cc1nc2ccccc2n1C)C(=O)C1(C(=O)O)CC1. The molecule has 0 aliphatic heterocycles. The van der Waals surface area contributed by atoms with E-state index in [4.69, 9.17) is 0 Å². The number of carbonyl (C=O) groups excluding carboxylic acids is 1. The largest absolute Gasteiger partial charge is 0.480 e. The molecule has 1 aliphatic carbocycles. The van der Waals surface area contributed by atoms with E-state index in [2.05, 4.69) is 4.98 Å². The van der Waals surface area contributed by atoms with Crippen LogP contribution in [0.4, 0.5) is 0 Å². The summed E-state index contributed by atoms with van der Waals surface area (Å²) in [4.78, 5) is 29.5. The van der Waals surface area contributed by atoms with Crippen molar-refractivity contribution in [3.05, 3.63) is 30.1 Å². The maximum atomic E-state index is 12.3. The molecule has 1 fully saturated rings. The maximum absolute atomic E-state index is 12.3. The van der Waals surface area contributed by atoms with E-state index in [9.17, 15) is 14.7 Å². The number of aryl methyl sites for hydroxylation is 1. The molecule has 0 unspecified atom stereocenters. The van der Waals surface area contributed by atoms with Gasteiger partial charge in [-0.3, -0.25) is 9.59 Å². The number of aliphatic carboxylic acids is 1. The molecule has 1 aliphatic rings. The number of hydrogen-bond acceptors (Lipinski definition) is 3. The van der Waals surface area contributed by atoms with Gasteiger partial charge in [0.2, 0.25) is 5.91 Å². The number of benzene rings is 1. The molecule has 0 atom stereocenters. The van der Waals surface area contributed by atoms with Gasteiger partial charge in [0, 0.05) is 14.1 Å². The number of carboxylic acids is 1. The minimum Gasteiger partial charge on any atom is -0.480 e. The molecule has 2 aromatic rings. The second-order valence-corrected chi connectivity index (χ2v) is 5.62. The van der Waals surface area contributed by atoms with Crippen molar-refractivity contribution in [1.29, 1.82) is 0 Å². The Hall–Kier alpha value is -2.37. The van der Waals surface area contributed by atoms with Crippen LogP contribution in [0.1, 0.15) is 18.7 Å². The highest BCUT2D eigenvalue weighted by molar-refractivity contribution is 6.04. The van der Waals surface area contributed by atoms with Crippen LogP contribution in [0.2, 0.25) is 0 Å². The lowest BCUT2D eigenvalue weighted by Gasteiger charge is -2.20. The van der Waals surface area contributed by atoms with Gasteiger partial charge in [0.15, 0.2) is 0 Å². The maximum Gasteiger partial charge on any atom is 0.319 e. The van der Waals surface area contributed by atoms with Crippen LogP contribution in [0.15, 0.2) is 24.3 Å². The molecule has 0 bridgehead atoms.